The summed E-state index contributed by atoms with van der Waals surface area (Å²) in [4.78, 5) is 11.1. The number of hydrogen-bond acceptors (Lipinski definition) is 2. The molecule has 0 saturated heterocycles. The number of carbonyl (C=O) groups is 1. The molecule has 0 aromatic heterocycles. The lowest BCUT2D eigenvalue weighted by Gasteiger charge is -2.31. The molecule has 0 heterocycles. The second kappa shape index (κ2) is 5.01. The van der Waals surface area contributed by atoms with Crippen molar-refractivity contribution in [3.8, 4) is 0 Å². The van der Waals surface area contributed by atoms with Gasteiger partial charge in [0.2, 0.25) is 0 Å². The number of ether oxygens (including phenoxy) is 1. The number of hydrogen-bond donors (Lipinski definition) is 1. The zero-order valence-corrected chi connectivity index (χ0v) is 9.51. The Kier molecular flexibility index (Phi) is 3.95. The predicted octanol–water partition coefficient (Wildman–Crippen LogP) is 2.64. The molecule has 2 atom stereocenters. The van der Waals surface area contributed by atoms with Gasteiger partial charge >= 0.3 is 6.09 Å². The van der Waals surface area contributed by atoms with E-state index in [4.69, 9.17) is 0 Å². The summed E-state index contributed by atoms with van der Waals surface area (Å²) in [6.45, 7) is 9.98. The fourth-order valence-electron chi connectivity index (χ4n) is 1.91. The van der Waals surface area contributed by atoms with E-state index in [1.807, 2.05) is 6.92 Å². The third-order valence-corrected chi connectivity index (χ3v) is 3.00. The molecule has 1 aliphatic rings. The third-order valence-electron chi connectivity index (χ3n) is 3.00. The Morgan fingerprint density at radius 3 is 2.80 bits per heavy atom. The molecule has 1 fully saturated rings. The number of carbonyl (C=O) groups excluding carboxylic acids is 1. The maximum absolute atomic E-state index is 11.1. The number of methoxy groups -OCH3 is 1. The Bertz CT molecular complexity index is 283. The maximum atomic E-state index is 11.1. The second-order valence-electron chi connectivity index (χ2n) is 4.16. The molecule has 1 rings (SSSR count). The highest BCUT2D eigenvalue weighted by molar-refractivity contribution is 5.67. The van der Waals surface area contributed by atoms with Crippen LogP contribution in [0.25, 0.3) is 0 Å². The lowest BCUT2D eigenvalue weighted by molar-refractivity contribution is 0.165. The van der Waals surface area contributed by atoms with Gasteiger partial charge in [-0.05, 0) is 32.1 Å². The fourth-order valence-corrected chi connectivity index (χ4v) is 1.91. The van der Waals surface area contributed by atoms with Gasteiger partial charge in [-0.25, -0.2) is 4.79 Å². The summed E-state index contributed by atoms with van der Waals surface area (Å²) in [6.07, 6.45) is 2.55. The largest absolute Gasteiger partial charge is 0.453 e. The van der Waals surface area contributed by atoms with Crippen molar-refractivity contribution in [1.29, 1.82) is 0 Å². The molecule has 0 aromatic carbocycles. The minimum Gasteiger partial charge on any atom is -0.453 e. The minimum atomic E-state index is -0.386. The van der Waals surface area contributed by atoms with E-state index in [-0.39, 0.29) is 12.1 Å². The fraction of sp³-hybridized carbons (Fsp3) is 0.583. The van der Waals surface area contributed by atoms with Crippen LogP contribution in [0.4, 0.5) is 4.79 Å². The van der Waals surface area contributed by atoms with Crippen LogP contribution in [0.15, 0.2) is 24.3 Å². The zero-order valence-electron chi connectivity index (χ0n) is 9.51. The first-order chi connectivity index (χ1) is 7.04. The Morgan fingerprint density at radius 1 is 1.60 bits per heavy atom. The average molecular weight is 209 g/mol. The summed E-state index contributed by atoms with van der Waals surface area (Å²) in [6, 6.07) is 0.0351. The number of alkyl carbamates (subject to hydrolysis) is 1. The van der Waals surface area contributed by atoms with Gasteiger partial charge in [0.1, 0.15) is 0 Å². The lowest BCUT2D eigenvalue weighted by Crippen LogP contribution is -2.39. The highest BCUT2D eigenvalue weighted by Crippen LogP contribution is 2.31. The maximum Gasteiger partial charge on any atom is 0.407 e. The topological polar surface area (TPSA) is 38.3 Å². The molecule has 3 nitrogen and oxygen atoms in total. The average Bonchev–Trinajstić information content (AvgIpc) is 2.20. The molecular formula is C12H19NO2. The quantitative estimate of drug-likeness (QED) is 0.710. The van der Waals surface area contributed by atoms with E-state index in [2.05, 4.69) is 23.2 Å². The molecule has 0 unspecified atom stereocenters. The second-order valence-corrected chi connectivity index (χ2v) is 4.16. The van der Waals surface area contributed by atoms with Crippen molar-refractivity contribution < 1.29 is 9.53 Å². The molecule has 1 aliphatic carbocycles. The molecule has 1 amide bonds. The van der Waals surface area contributed by atoms with Crippen molar-refractivity contribution in [2.24, 2.45) is 5.92 Å². The normalized spacial score (nSPS) is 25.9. The summed E-state index contributed by atoms with van der Waals surface area (Å²) >= 11 is 0. The van der Waals surface area contributed by atoms with Crippen molar-refractivity contribution in [3.05, 3.63) is 24.3 Å². The first-order valence-electron chi connectivity index (χ1n) is 5.22. The number of allylic oxidation sites excluding steroid dienone is 1. The molecule has 0 radical (unpaired) electrons. The minimum absolute atomic E-state index is 0.0351. The van der Waals surface area contributed by atoms with Crippen LogP contribution >= 0.6 is 0 Å². The number of rotatable bonds is 2. The Labute approximate surface area is 91.2 Å². The van der Waals surface area contributed by atoms with Gasteiger partial charge in [0.05, 0.1) is 13.2 Å². The molecule has 1 saturated carbocycles. The molecule has 15 heavy (non-hydrogen) atoms. The summed E-state index contributed by atoms with van der Waals surface area (Å²) < 4.78 is 4.58. The highest BCUT2D eigenvalue weighted by Gasteiger charge is 2.26. The Morgan fingerprint density at radius 2 is 2.27 bits per heavy atom. The molecule has 84 valence electrons. The van der Waals surface area contributed by atoms with Crippen molar-refractivity contribution in [2.45, 2.75) is 32.2 Å². The molecule has 0 aromatic rings. The van der Waals surface area contributed by atoms with Gasteiger partial charge in [0.25, 0.3) is 0 Å². The summed E-state index contributed by atoms with van der Waals surface area (Å²) in [7, 11) is 1.37. The van der Waals surface area contributed by atoms with Crippen molar-refractivity contribution in [1.82, 2.24) is 5.32 Å². The molecule has 0 aliphatic heterocycles. The van der Waals surface area contributed by atoms with E-state index in [0.29, 0.717) is 5.92 Å². The van der Waals surface area contributed by atoms with Gasteiger partial charge in [-0.1, -0.05) is 24.3 Å². The third kappa shape index (κ3) is 3.11. The van der Waals surface area contributed by atoms with Gasteiger partial charge in [0, 0.05) is 0 Å². The van der Waals surface area contributed by atoms with Gasteiger partial charge in [0.15, 0.2) is 0 Å². The van der Waals surface area contributed by atoms with Crippen LogP contribution in [-0.2, 0) is 4.74 Å². The monoisotopic (exact) mass is 209 g/mol. The lowest BCUT2D eigenvalue weighted by atomic mass is 9.80. The Hall–Kier alpha value is -1.25. The van der Waals surface area contributed by atoms with Crippen LogP contribution in [0.1, 0.15) is 26.2 Å². The first kappa shape index (κ1) is 11.8. The van der Waals surface area contributed by atoms with E-state index < -0.39 is 0 Å². The van der Waals surface area contributed by atoms with Gasteiger partial charge in [-0.15, -0.1) is 0 Å². The smallest absolute Gasteiger partial charge is 0.407 e. The zero-order chi connectivity index (χ0) is 11.4. The van der Waals surface area contributed by atoms with Gasteiger partial charge in [-0.3, -0.25) is 0 Å². The standard InChI is InChI=1S/C12H19NO2/c1-8(2)10-6-5-9(3)11(7-10)13-12(14)15-4/h10-11H,1,3,5-7H2,2,4H3,(H,13,14)/t10-,11+/m0/s1. The van der Waals surface area contributed by atoms with Gasteiger partial charge < -0.3 is 10.1 Å². The van der Waals surface area contributed by atoms with E-state index in [1.54, 1.807) is 0 Å². The molecular weight excluding hydrogens is 190 g/mol. The summed E-state index contributed by atoms with van der Waals surface area (Å²) in [5, 5.41) is 2.80. The molecule has 0 bridgehead atoms. The van der Waals surface area contributed by atoms with E-state index in [1.165, 1.54) is 12.7 Å². The summed E-state index contributed by atoms with van der Waals surface area (Å²) in [5.41, 5.74) is 2.26. The molecule has 0 spiro atoms. The SMILES string of the molecule is C=C(C)[C@H]1CCC(=C)[C@H](NC(=O)OC)C1. The van der Waals surface area contributed by atoms with Gasteiger partial charge in [-0.2, -0.15) is 0 Å². The number of amides is 1. The number of nitrogens with one attached hydrogen (secondary N) is 1. The van der Waals surface area contributed by atoms with Crippen molar-refractivity contribution in [3.63, 3.8) is 0 Å². The molecule has 1 N–H and O–H groups in total. The van der Waals surface area contributed by atoms with Crippen LogP contribution < -0.4 is 5.32 Å². The van der Waals surface area contributed by atoms with Crippen molar-refractivity contribution in [2.75, 3.05) is 7.11 Å². The van der Waals surface area contributed by atoms with Crippen LogP contribution in [0.2, 0.25) is 0 Å². The van der Waals surface area contributed by atoms with Crippen LogP contribution in [0.5, 0.6) is 0 Å². The van der Waals surface area contributed by atoms with Crippen LogP contribution in [0.3, 0.4) is 0 Å². The van der Waals surface area contributed by atoms with E-state index in [0.717, 1.165) is 24.8 Å². The van der Waals surface area contributed by atoms with Crippen LogP contribution in [0, 0.1) is 5.92 Å². The summed E-state index contributed by atoms with van der Waals surface area (Å²) in [5.74, 6) is 0.484. The van der Waals surface area contributed by atoms with Crippen molar-refractivity contribution >= 4 is 6.09 Å². The first-order valence-corrected chi connectivity index (χ1v) is 5.22. The molecule has 3 heteroatoms. The van der Waals surface area contributed by atoms with Crippen LogP contribution in [-0.4, -0.2) is 19.2 Å². The van der Waals surface area contributed by atoms with E-state index >= 15 is 0 Å². The highest BCUT2D eigenvalue weighted by atomic mass is 16.5. The van der Waals surface area contributed by atoms with E-state index in [9.17, 15) is 4.79 Å². The predicted molar refractivity (Wildman–Crippen MR) is 60.6 cm³/mol. The Balaban J connectivity index is 2.57.